The van der Waals surface area contributed by atoms with Crippen LogP contribution in [-0.2, 0) is 16.1 Å². The molecule has 1 fully saturated rings. The number of aromatic nitrogens is 2. The van der Waals surface area contributed by atoms with Crippen LogP contribution in [0.5, 0.6) is 0 Å². The Morgan fingerprint density at radius 2 is 2.04 bits per heavy atom. The fourth-order valence-corrected chi connectivity index (χ4v) is 3.46. The van der Waals surface area contributed by atoms with E-state index in [2.05, 4.69) is 22.1 Å². The standard InChI is InChI=1S/C18H13N3O2S/c22-15-10-17(23)24-16(15)9-14-5-7-19-18(20-14)21-8-6-12-3-1-2-4-13(12)11-21/h1-9H,10-11H2/b16-9-. The molecule has 24 heavy (non-hydrogen) atoms. The molecule has 0 atom stereocenters. The van der Waals surface area contributed by atoms with Crippen molar-refractivity contribution in [3.05, 3.63) is 64.5 Å². The number of thioether (sulfide) groups is 1. The summed E-state index contributed by atoms with van der Waals surface area (Å²) >= 11 is 0.985. The fourth-order valence-electron chi connectivity index (χ4n) is 2.64. The van der Waals surface area contributed by atoms with Crippen LogP contribution in [0.4, 0.5) is 5.95 Å². The smallest absolute Gasteiger partial charge is 0.230 e. The Morgan fingerprint density at radius 1 is 1.17 bits per heavy atom. The third-order valence-electron chi connectivity index (χ3n) is 3.83. The van der Waals surface area contributed by atoms with E-state index in [0.29, 0.717) is 23.1 Å². The van der Waals surface area contributed by atoms with Crippen molar-refractivity contribution in [3.8, 4) is 0 Å². The van der Waals surface area contributed by atoms with Gasteiger partial charge in [-0.25, -0.2) is 9.97 Å². The molecule has 1 aromatic heterocycles. The number of benzene rings is 1. The second-order valence-electron chi connectivity index (χ2n) is 5.51. The Hall–Kier alpha value is -2.73. The Morgan fingerprint density at radius 3 is 2.88 bits per heavy atom. The lowest BCUT2D eigenvalue weighted by atomic mass is 10.0. The highest BCUT2D eigenvalue weighted by Crippen LogP contribution is 2.30. The highest BCUT2D eigenvalue weighted by molar-refractivity contribution is 8.18. The molecule has 2 aliphatic rings. The number of hydrogen-bond donors (Lipinski definition) is 0. The molecule has 4 rings (SSSR count). The zero-order chi connectivity index (χ0) is 16.5. The van der Waals surface area contributed by atoms with Crippen molar-refractivity contribution in [1.29, 1.82) is 0 Å². The topological polar surface area (TPSA) is 63.2 Å². The van der Waals surface area contributed by atoms with Crippen molar-refractivity contribution < 1.29 is 9.59 Å². The lowest BCUT2D eigenvalue weighted by molar-refractivity contribution is -0.119. The number of nitrogens with zero attached hydrogens (tertiary/aromatic N) is 3. The quantitative estimate of drug-likeness (QED) is 0.621. The zero-order valence-corrected chi connectivity index (χ0v) is 13.5. The van der Waals surface area contributed by atoms with E-state index in [1.807, 2.05) is 29.3 Å². The van der Waals surface area contributed by atoms with Gasteiger partial charge in [0, 0.05) is 12.4 Å². The van der Waals surface area contributed by atoms with E-state index in [1.165, 1.54) is 11.1 Å². The van der Waals surface area contributed by atoms with Gasteiger partial charge in [0.2, 0.25) is 11.1 Å². The summed E-state index contributed by atoms with van der Waals surface area (Å²) in [6.07, 6.45) is 7.27. The average Bonchev–Trinajstić information content (AvgIpc) is 2.92. The molecule has 0 amide bonds. The van der Waals surface area contributed by atoms with E-state index in [9.17, 15) is 9.59 Å². The van der Waals surface area contributed by atoms with Gasteiger partial charge < -0.3 is 4.90 Å². The van der Waals surface area contributed by atoms with Crippen molar-refractivity contribution in [3.63, 3.8) is 0 Å². The normalized spacial score (nSPS) is 18.3. The van der Waals surface area contributed by atoms with Crippen molar-refractivity contribution in [2.45, 2.75) is 13.0 Å². The van der Waals surface area contributed by atoms with Crippen LogP contribution in [0.3, 0.4) is 0 Å². The summed E-state index contributed by atoms with van der Waals surface area (Å²) in [5, 5.41) is -0.115. The molecule has 0 saturated carbocycles. The van der Waals surface area contributed by atoms with Gasteiger partial charge in [0.25, 0.3) is 0 Å². The van der Waals surface area contributed by atoms with Crippen LogP contribution in [0.15, 0.2) is 47.6 Å². The van der Waals surface area contributed by atoms with E-state index < -0.39 is 0 Å². The molecular weight excluding hydrogens is 322 g/mol. The molecule has 2 aromatic rings. The summed E-state index contributed by atoms with van der Waals surface area (Å²) in [4.78, 5) is 34.3. The molecule has 0 aliphatic carbocycles. The highest BCUT2D eigenvalue weighted by Gasteiger charge is 2.26. The van der Waals surface area contributed by atoms with Crippen LogP contribution in [0, 0.1) is 0 Å². The molecule has 0 radical (unpaired) electrons. The first kappa shape index (κ1) is 14.8. The maximum absolute atomic E-state index is 11.7. The number of Topliss-reactive ketones (excluding diaryl/α,β-unsaturated/α-hetero) is 1. The first-order valence-corrected chi connectivity index (χ1v) is 8.32. The second-order valence-corrected chi connectivity index (χ2v) is 6.61. The number of fused-ring (bicyclic) bond motifs is 1. The minimum Gasteiger partial charge on any atom is -0.313 e. The van der Waals surface area contributed by atoms with E-state index in [4.69, 9.17) is 0 Å². The van der Waals surface area contributed by atoms with Crippen LogP contribution in [0.2, 0.25) is 0 Å². The summed E-state index contributed by atoms with van der Waals surface area (Å²) in [6, 6.07) is 9.91. The van der Waals surface area contributed by atoms with Crippen LogP contribution >= 0.6 is 11.8 Å². The Kier molecular flexibility index (Phi) is 3.74. The molecule has 5 nitrogen and oxygen atoms in total. The lowest BCUT2D eigenvalue weighted by Gasteiger charge is -2.23. The summed E-state index contributed by atoms with van der Waals surface area (Å²) in [5.41, 5.74) is 3.02. The number of rotatable bonds is 2. The molecule has 0 spiro atoms. The average molecular weight is 335 g/mol. The number of carbonyl (C=O) groups is 2. The molecular formula is C18H13N3O2S. The molecule has 2 aliphatic heterocycles. The number of anilines is 1. The number of carbonyl (C=O) groups excluding carboxylic acids is 2. The van der Waals surface area contributed by atoms with Crippen molar-refractivity contribution in [2.75, 3.05) is 4.90 Å². The van der Waals surface area contributed by atoms with Gasteiger partial charge >= 0.3 is 0 Å². The summed E-state index contributed by atoms with van der Waals surface area (Å²) in [6.45, 7) is 0.693. The minimum atomic E-state index is -0.142. The van der Waals surface area contributed by atoms with Gasteiger partial charge in [-0.15, -0.1) is 0 Å². The van der Waals surface area contributed by atoms with Crippen LogP contribution in [-0.4, -0.2) is 20.9 Å². The SMILES string of the molecule is O=C1CC(=O)/C(=C/c2ccnc(N3C=Cc4ccccc4C3)n2)S1. The first-order chi connectivity index (χ1) is 11.7. The monoisotopic (exact) mass is 335 g/mol. The maximum atomic E-state index is 11.7. The van der Waals surface area contributed by atoms with Gasteiger partial charge in [-0.1, -0.05) is 24.3 Å². The summed E-state index contributed by atoms with van der Waals surface area (Å²) < 4.78 is 0. The third-order valence-corrected chi connectivity index (χ3v) is 4.77. The summed E-state index contributed by atoms with van der Waals surface area (Å²) in [7, 11) is 0. The molecule has 0 unspecified atom stereocenters. The predicted molar refractivity (Wildman–Crippen MR) is 93.9 cm³/mol. The molecule has 0 bridgehead atoms. The van der Waals surface area contributed by atoms with E-state index in [0.717, 1.165) is 11.8 Å². The number of ketones is 1. The number of allylic oxidation sites excluding steroid dienone is 1. The zero-order valence-electron chi connectivity index (χ0n) is 12.7. The first-order valence-electron chi connectivity index (χ1n) is 7.50. The summed E-state index contributed by atoms with van der Waals surface area (Å²) in [5.74, 6) is 0.425. The molecule has 6 heteroatoms. The van der Waals surface area contributed by atoms with Gasteiger partial charge in [0.05, 0.1) is 23.6 Å². The Labute approximate surface area is 143 Å². The number of hydrogen-bond acceptors (Lipinski definition) is 6. The molecule has 118 valence electrons. The van der Waals surface area contributed by atoms with Gasteiger partial charge in [-0.2, -0.15) is 0 Å². The Balaban J connectivity index is 1.61. The van der Waals surface area contributed by atoms with E-state index in [1.54, 1.807) is 18.3 Å². The van der Waals surface area contributed by atoms with Crippen molar-refractivity contribution >= 4 is 40.8 Å². The van der Waals surface area contributed by atoms with Gasteiger partial charge in [0.15, 0.2) is 5.78 Å². The van der Waals surface area contributed by atoms with Crippen molar-refractivity contribution in [1.82, 2.24) is 9.97 Å². The van der Waals surface area contributed by atoms with Gasteiger partial charge in [-0.05, 0) is 41.1 Å². The Bertz CT molecular complexity index is 905. The van der Waals surface area contributed by atoms with Gasteiger partial charge in [0.1, 0.15) is 0 Å². The highest BCUT2D eigenvalue weighted by atomic mass is 32.2. The van der Waals surface area contributed by atoms with E-state index >= 15 is 0 Å². The predicted octanol–water partition coefficient (Wildman–Crippen LogP) is 3.04. The second kappa shape index (κ2) is 6.05. The molecule has 3 heterocycles. The maximum Gasteiger partial charge on any atom is 0.230 e. The van der Waals surface area contributed by atoms with Crippen molar-refractivity contribution in [2.24, 2.45) is 0 Å². The van der Waals surface area contributed by atoms with Crippen LogP contribution < -0.4 is 4.90 Å². The minimum absolute atomic E-state index is 0.0277. The molecule has 0 N–H and O–H groups in total. The third kappa shape index (κ3) is 2.88. The lowest BCUT2D eigenvalue weighted by Crippen LogP contribution is -2.21. The largest absolute Gasteiger partial charge is 0.313 e. The van der Waals surface area contributed by atoms with Crippen LogP contribution in [0.1, 0.15) is 23.2 Å². The fraction of sp³-hybridized carbons (Fsp3) is 0.111. The molecule has 1 aromatic carbocycles. The molecule has 1 saturated heterocycles. The van der Waals surface area contributed by atoms with Gasteiger partial charge in [-0.3, -0.25) is 9.59 Å². The van der Waals surface area contributed by atoms with Crippen LogP contribution in [0.25, 0.3) is 12.2 Å². The van der Waals surface area contributed by atoms with E-state index in [-0.39, 0.29) is 17.3 Å².